The van der Waals surface area contributed by atoms with Gasteiger partial charge in [0, 0.05) is 37.4 Å². The number of benzene rings is 2. The summed E-state index contributed by atoms with van der Waals surface area (Å²) in [6, 6.07) is 15.7. The Balaban J connectivity index is 0.000000344. The van der Waals surface area contributed by atoms with Gasteiger partial charge >= 0.3 is 0 Å². The molecular weight excluding hydrogens is 434 g/mol. The summed E-state index contributed by atoms with van der Waals surface area (Å²) in [5, 5.41) is 9.16. The van der Waals surface area contributed by atoms with Crippen LogP contribution in [0, 0.1) is 5.92 Å². The lowest BCUT2D eigenvalue weighted by atomic mass is 10.00. The number of rotatable bonds is 4. The lowest BCUT2D eigenvalue weighted by Gasteiger charge is -2.26. The van der Waals surface area contributed by atoms with Gasteiger partial charge in [0.25, 0.3) is 5.91 Å². The van der Waals surface area contributed by atoms with E-state index in [-0.39, 0.29) is 7.33 Å². The van der Waals surface area contributed by atoms with E-state index < -0.39 is 0 Å². The maximum atomic E-state index is 12.5. The third-order valence-corrected chi connectivity index (χ3v) is 6.61. The standard InChI is InChI=1S/C22H20N4O.C7H15N.H2/c1-3-15-5-4-6-17(9-15)22(27)25-21-11-19-10-16(7-8-18(19)12-23-21)20-13-24-26(2)14-20;1-7-3-5-8(2)6-4-7;/h4-14H,3H2,1-2H3,(H,23,25,27);7H,3-6H2,1-2H3;1H. The topological polar surface area (TPSA) is 63.1 Å². The SMILES string of the molecule is CC1CCN(C)CC1.CCc1cccc(C(=O)Nc2cc3cc(-c4cnn(C)c4)ccc3cn2)c1.[HH]. The first-order valence-electron chi connectivity index (χ1n) is 12.4. The van der Waals surface area contributed by atoms with E-state index in [1.54, 1.807) is 10.9 Å². The average molecular weight is 472 g/mol. The monoisotopic (exact) mass is 471 g/mol. The summed E-state index contributed by atoms with van der Waals surface area (Å²) < 4.78 is 1.78. The zero-order valence-corrected chi connectivity index (χ0v) is 21.2. The maximum Gasteiger partial charge on any atom is 0.256 e. The number of piperidine rings is 1. The number of nitrogens with zero attached hydrogens (tertiary/aromatic N) is 4. The number of aryl methyl sites for hydroxylation is 2. The molecule has 0 radical (unpaired) electrons. The van der Waals surface area contributed by atoms with E-state index in [1.807, 2.05) is 55.8 Å². The Morgan fingerprint density at radius 2 is 1.83 bits per heavy atom. The van der Waals surface area contributed by atoms with E-state index in [2.05, 4.69) is 53.3 Å². The van der Waals surface area contributed by atoms with Gasteiger partial charge in [-0.3, -0.25) is 9.48 Å². The van der Waals surface area contributed by atoms with Crippen LogP contribution < -0.4 is 5.32 Å². The van der Waals surface area contributed by atoms with E-state index in [9.17, 15) is 4.79 Å². The van der Waals surface area contributed by atoms with E-state index in [0.717, 1.165) is 39.8 Å². The predicted molar refractivity (Wildman–Crippen MR) is 146 cm³/mol. The average Bonchev–Trinajstić information content (AvgIpc) is 3.32. The molecule has 2 aromatic heterocycles. The molecule has 6 heteroatoms. The Morgan fingerprint density at radius 1 is 1.03 bits per heavy atom. The second-order valence-corrected chi connectivity index (χ2v) is 9.53. The van der Waals surface area contributed by atoms with Crippen molar-refractivity contribution >= 4 is 22.5 Å². The molecule has 0 bridgehead atoms. The lowest BCUT2D eigenvalue weighted by Crippen LogP contribution is -2.28. The van der Waals surface area contributed by atoms with Crippen LogP contribution in [0.4, 0.5) is 5.82 Å². The third kappa shape index (κ3) is 6.55. The summed E-state index contributed by atoms with van der Waals surface area (Å²) >= 11 is 0. The van der Waals surface area contributed by atoms with Crippen molar-refractivity contribution in [3.63, 3.8) is 0 Å². The lowest BCUT2D eigenvalue weighted by molar-refractivity contribution is 0.102. The number of nitrogens with one attached hydrogen (secondary N) is 1. The number of hydrogen-bond donors (Lipinski definition) is 1. The highest BCUT2D eigenvalue weighted by Crippen LogP contribution is 2.25. The van der Waals surface area contributed by atoms with Crippen LogP contribution in [-0.4, -0.2) is 45.7 Å². The number of anilines is 1. The van der Waals surface area contributed by atoms with Crippen molar-refractivity contribution in [3.8, 4) is 11.1 Å². The highest BCUT2D eigenvalue weighted by Gasteiger charge is 2.11. The number of aromatic nitrogens is 3. The normalized spacial score (nSPS) is 14.4. The fourth-order valence-corrected chi connectivity index (χ4v) is 4.22. The van der Waals surface area contributed by atoms with Crippen molar-refractivity contribution in [1.82, 2.24) is 19.7 Å². The minimum Gasteiger partial charge on any atom is -0.307 e. The Labute approximate surface area is 209 Å². The summed E-state index contributed by atoms with van der Waals surface area (Å²) in [4.78, 5) is 19.3. The number of hydrogen-bond acceptors (Lipinski definition) is 4. The van der Waals surface area contributed by atoms with Crippen molar-refractivity contribution in [2.45, 2.75) is 33.1 Å². The van der Waals surface area contributed by atoms with Gasteiger partial charge in [-0.05, 0) is 86.1 Å². The van der Waals surface area contributed by atoms with Gasteiger partial charge in [-0.25, -0.2) is 4.98 Å². The molecule has 1 aliphatic heterocycles. The number of amides is 1. The molecule has 1 amide bonds. The zero-order chi connectivity index (χ0) is 24.8. The van der Waals surface area contributed by atoms with Crippen LogP contribution in [0.15, 0.2) is 67.1 Å². The molecule has 0 unspecified atom stereocenters. The van der Waals surface area contributed by atoms with Crippen LogP contribution in [-0.2, 0) is 13.5 Å². The number of carbonyl (C=O) groups is 1. The van der Waals surface area contributed by atoms with Gasteiger partial charge in [-0.2, -0.15) is 5.10 Å². The number of fused-ring (bicyclic) bond motifs is 1. The fourth-order valence-electron chi connectivity index (χ4n) is 4.22. The van der Waals surface area contributed by atoms with Gasteiger partial charge in [0.2, 0.25) is 0 Å². The second kappa shape index (κ2) is 11.3. The first kappa shape index (κ1) is 24.6. The Morgan fingerprint density at radius 3 is 2.51 bits per heavy atom. The van der Waals surface area contributed by atoms with Crippen LogP contribution in [0.2, 0.25) is 0 Å². The molecular formula is C29H37N5O. The summed E-state index contributed by atoms with van der Waals surface area (Å²) in [5.74, 6) is 1.37. The molecule has 0 spiro atoms. The van der Waals surface area contributed by atoms with Gasteiger partial charge < -0.3 is 10.2 Å². The molecule has 184 valence electrons. The van der Waals surface area contributed by atoms with Crippen molar-refractivity contribution in [3.05, 3.63) is 78.2 Å². The molecule has 0 aliphatic carbocycles. The van der Waals surface area contributed by atoms with E-state index in [1.165, 1.54) is 25.9 Å². The molecule has 35 heavy (non-hydrogen) atoms. The number of carbonyl (C=O) groups excluding carboxylic acids is 1. The highest BCUT2D eigenvalue weighted by molar-refractivity contribution is 6.04. The Bertz CT molecular complexity index is 1280. The van der Waals surface area contributed by atoms with E-state index in [4.69, 9.17) is 0 Å². The maximum absolute atomic E-state index is 12.5. The van der Waals surface area contributed by atoms with Gasteiger partial charge in [0.05, 0.1) is 6.20 Å². The quantitative estimate of drug-likeness (QED) is 0.394. The third-order valence-electron chi connectivity index (χ3n) is 6.61. The minimum atomic E-state index is -0.152. The molecule has 1 aliphatic rings. The predicted octanol–water partition coefficient (Wildman–Crippen LogP) is 6.04. The van der Waals surface area contributed by atoms with Crippen molar-refractivity contribution in [2.24, 2.45) is 13.0 Å². The van der Waals surface area contributed by atoms with Crippen molar-refractivity contribution in [2.75, 3.05) is 25.5 Å². The smallest absolute Gasteiger partial charge is 0.256 e. The molecule has 4 aromatic rings. The van der Waals surface area contributed by atoms with E-state index >= 15 is 0 Å². The molecule has 5 rings (SSSR count). The molecule has 6 nitrogen and oxygen atoms in total. The zero-order valence-electron chi connectivity index (χ0n) is 21.2. The van der Waals surface area contributed by atoms with Crippen molar-refractivity contribution in [1.29, 1.82) is 0 Å². The summed E-state index contributed by atoms with van der Waals surface area (Å²) in [6.45, 7) is 7.02. The Hall–Kier alpha value is -3.51. The molecule has 2 aromatic carbocycles. The summed E-state index contributed by atoms with van der Waals surface area (Å²) in [7, 11) is 4.10. The largest absolute Gasteiger partial charge is 0.307 e. The molecule has 1 saturated heterocycles. The Kier molecular flexibility index (Phi) is 7.93. The van der Waals surface area contributed by atoms with Crippen LogP contribution in [0.5, 0.6) is 0 Å². The fraction of sp³-hybridized carbons (Fsp3) is 0.345. The first-order chi connectivity index (χ1) is 16.9. The minimum absolute atomic E-state index is 0. The first-order valence-corrected chi connectivity index (χ1v) is 12.4. The molecule has 1 N–H and O–H groups in total. The van der Waals surface area contributed by atoms with Crippen LogP contribution in [0.1, 0.15) is 44.0 Å². The van der Waals surface area contributed by atoms with Crippen molar-refractivity contribution < 1.29 is 6.22 Å². The van der Waals surface area contributed by atoms with Crippen LogP contribution in [0.25, 0.3) is 21.9 Å². The van der Waals surface area contributed by atoms with Crippen LogP contribution >= 0.6 is 0 Å². The summed E-state index contributed by atoms with van der Waals surface area (Å²) in [5.41, 5.74) is 3.91. The molecule has 0 saturated carbocycles. The van der Waals surface area contributed by atoms with Gasteiger partial charge in [-0.1, -0.05) is 38.1 Å². The second-order valence-electron chi connectivity index (χ2n) is 9.53. The molecule has 1 fully saturated rings. The number of likely N-dealkylation sites (tertiary alicyclic amines) is 1. The van der Waals surface area contributed by atoms with Gasteiger partial charge in [0.15, 0.2) is 0 Å². The van der Waals surface area contributed by atoms with Crippen LogP contribution in [0.3, 0.4) is 0 Å². The van der Waals surface area contributed by atoms with Gasteiger partial charge in [0.1, 0.15) is 5.82 Å². The van der Waals surface area contributed by atoms with E-state index in [0.29, 0.717) is 11.4 Å². The summed E-state index contributed by atoms with van der Waals surface area (Å²) in [6.07, 6.45) is 9.29. The number of pyridine rings is 1. The molecule has 0 atom stereocenters. The molecule has 3 heterocycles. The highest BCUT2D eigenvalue weighted by atomic mass is 16.1. The van der Waals surface area contributed by atoms with Gasteiger partial charge in [-0.15, -0.1) is 0 Å².